The molecule has 1 aliphatic heterocycles. The summed E-state index contributed by atoms with van der Waals surface area (Å²) in [5, 5.41) is 0. The summed E-state index contributed by atoms with van der Waals surface area (Å²) >= 11 is 0. The van der Waals surface area contributed by atoms with Crippen molar-refractivity contribution in [3.63, 3.8) is 0 Å². The number of halogens is 1. The third-order valence-corrected chi connectivity index (χ3v) is 6.60. The van der Waals surface area contributed by atoms with E-state index in [0.29, 0.717) is 6.54 Å². The van der Waals surface area contributed by atoms with Crippen LogP contribution in [0.4, 0.5) is 4.39 Å². The second-order valence-electron chi connectivity index (χ2n) is 6.90. The number of aryl methyl sites for hydroxylation is 1. The van der Waals surface area contributed by atoms with Crippen molar-refractivity contribution >= 4 is 15.9 Å². The minimum Gasteiger partial charge on any atom is -0.465 e. The van der Waals surface area contributed by atoms with Crippen molar-refractivity contribution in [3.8, 4) is 0 Å². The summed E-state index contributed by atoms with van der Waals surface area (Å²) in [6.07, 6.45) is 0. The van der Waals surface area contributed by atoms with Crippen molar-refractivity contribution in [2.45, 2.75) is 18.4 Å². The molecule has 2 aromatic rings. The number of benzene rings is 1. The largest absolute Gasteiger partial charge is 0.465 e. The van der Waals surface area contributed by atoms with Gasteiger partial charge in [0.2, 0.25) is 15.9 Å². The Bertz CT molecular complexity index is 936. The number of rotatable bonds is 6. The Morgan fingerprint density at radius 3 is 2.43 bits per heavy atom. The maximum atomic E-state index is 13.9. The summed E-state index contributed by atoms with van der Waals surface area (Å²) in [4.78, 5) is 15.7. The third kappa shape index (κ3) is 4.60. The van der Waals surface area contributed by atoms with Gasteiger partial charge in [0.1, 0.15) is 22.2 Å². The number of furan rings is 1. The van der Waals surface area contributed by atoms with E-state index in [-0.39, 0.29) is 43.5 Å². The third-order valence-electron chi connectivity index (χ3n) is 4.67. The van der Waals surface area contributed by atoms with Crippen molar-refractivity contribution in [2.24, 2.45) is 0 Å². The standard InChI is InChI=1S/C19H24FN3O4S/c1-15-7-8-16(27-15)13-21(2)14-19(24)22-9-11-23(12-10-22)28(25,26)18-6-4-3-5-17(18)20/h3-8H,9-14H2,1-2H3. The van der Waals surface area contributed by atoms with Crippen LogP contribution < -0.4 is 0 Å². The lowest BCUT2D eigenvalue weighted by molar-refractivity contribution is -0.133. The highest BCUT2D eigenvalue weighted by atomic mass is 32.2. The number of amides is 1. The zero-order chi connectivity index (χ0) is 20.3. The second-order valence-corrected chi connectivity index (χ2v) is 8.81. The van der Waals surface area contributed by atoms with Crippen LogP contribution in [-0.2, 0) is 21.4 Å². The average Bonchev–Trinajstić information content (AvgIpc) is 3.06. The molecule has 7 nitrogen and oxygen atoms in total. The molecule has 0 bridgehead atoms. The molecule has 9 heteroatoms. The fourth-order valence-corrected chi connectivity index (χ4v) is 4.68. The molecule has 28 heavy (non-hydrogen) atoms. The average molecular weight is 409 g/mol. The van der Waals surface area contributed by atoms with Gasteiger partial charge in [-0.2, -0.15) is 4.31 Å². The van der Waals surface area contributed by atoms with Crippen molar-refractivity contribution in [1.82, 2.24) is 14.1 Å². The molecule has 1 aliphatic rings. The zero-order valence-corrected chi connectivity index (χ0v) is 16.8. The van der Waals surface area contributed by atoms with Crippen LogP contribution in [0.3, 0.4) is 0 Å². The van der Waals surface area contributed by atoms with Crippen LogP contribution in [-0.4, -0.2) is 68.2 Å². The minimum atomic E-state index is -3.91. The maximum absolute atomic E-state index is 13.9. The Morgan fingerprint density at radius 1 is 1.14 bits per heavy atom. The number of hydrogen-bond acceptors (Lipinski definition) is 5. The molecule has 0 aliphatic carbocycles. The Kier molecular flexibility index (Phi) is 6.17. The number of nitrogens with zero attached hydrogens (tertiary/aromatic N) is 3. The number of likely N-dealkylation sites (N-methyl/N-ethyl adjacent to an activating group) is 1. The van der Waals surface area contributed by atoms with Gasteiger partial charge in [-0.05, 0) is 38.2 Å². The molecule has 2 heterocycles. The number of hydrogen-bond donors (Lipinski definition) is 0. The van der Waals surface area contributed by atoms with Gasteiger partial charge < -0.3 is 9.32 Å². The predicted octanol–water partition coefficient (Wildman–Crippen LogP) is 1.69. The number of sulfonamides is 1. The van der Waals surface area contributed by atoms with Gasteiger partial charge in [-0.25, -0.2) is 12.8 Å². The lowest BCUT2D eigenvalue weighted by Crippen LogP contribution is -2.52. The van der Waals surface area contributed by atoms with E-state index >= 15 is 0 Å². The van der Waals surface area contributed by atoms with Crippen LogP contribution >= 0.6 is 0 Å². The lowest BCUT2D eigenvalue weighted by Gasteiger charge is -2.34. The van der Waals surface area contributed by atoms with E-state index in [2.05, 4.69) is 0 Å². The molecular weight excluding hydrogens is 385 g/mol. The number of carbonyl (C=O) groups excluding carboxylic acids is 1. The van der Waals surface area contributed by atoms with Crippen LogP contribution in [0.1, 0.15) is 11.5 Å². The van der Waals surface area contributed by atoms with E-state index in [1.54, 1.807) is 4.90 Å². The highest BCUT2D eigenvalue weighted by Crippen LogP contribution is 2.20. The van der Waals surface area contributed by atoms with E-state index in [9.17, 15) is 17.6 Å². The van der Waals surface area contributed by atoms with Gasteiger partial charge >= 0.3 is 0 Å². The van der Waals surface area contributed by atoms with Crippen molar-refractivity contribution in [2.75, 3.05) is 39.8 Å². The Hall–Kier alpha value is -2.23. The molecule has 152 valence electrons. The van der Waals surface area contributed by atoms with Gasteiger partial charge in [0.15, 0.2) is 0 Å². The van der Waals surface area contributed by atoms with Crippen LogP contribution in [0, 0.1) is 12.7 Å². The first-order chi connectivity index (χ1) is 13.3. The SMILES string of the molecule is Cc1ccc(CN(C)CC(=O)N2CCN(S(=O)(=O)c3ccccc3F)CC2)o1. The predicted molar refractivity (Wildman–Crippen MR) is 102 cm³/mol. The van der Waals surface area contributed by atoms with E-state index in [1.165, 1.54) is 22.5 Å². The van der Waals surface area contributed by atoms with Crippen LogP contribution in [0.2, 0.25) is 0 Å². The second kappa shape index (κ2) is 8.42. The first kappa shape index (κ1) is 20.5. The molecular formula is C19H24FN3O4S. The molecule has 1 fully saturated rings. The summed E-state index contributed by atoms with van der Waals surface area (Å²) in [5.74, 6) is 0.764. The molecule has 0 N–H and O–H groups in total. The van der Waals surface area contributed by atoms with Crippen molar-refractivity contribution < 1.29 is 22.0 Å². The van der Waals surface area contributed by atoms with Crippen molar-refractivity contribution in [3.05, 3.63) is 53.7 Å². The van der Waals surface area contributed by atoms with E-state index in [0.717, 1.165) is 17.6 Å². The highest BCUT2D eigenvalue weighted by molar-refractivity contribution is 7.89. The summed E-state index contributed by atoms with van der Waals surface area (Å²) in [7, 11) is -2.08. The van der Waals surface area contributed by atoms with Gasteiger partial charge in [-0.15, -0.1) is 0 Å². The molecule has 0 atom stereocenters. The Morgan fingerprint density at radius 2 is 1.82 bits per heavy atom. The molecule has 1 aromatic carbocycles. The highest BCUT2D eigenvalue weighted by Gasteiger charge is 2.31. The van der Waals surface area contributed by atoms with E-state index in [4.69, 9.17) is 4.42 Å². The molecule has 0 saturated carbocycles. The Balaban J connectivity index is 1.54. The molecule has 3 rings (SSSR count). The van der Waals surface area contributed by atoms with Gasteiger partial charge in [0, 0.05) is 26.2 Å². The topological polar surface area (TPSA) is 74.1 Å². The molecule has 0 spiro atoms. The molecule has 0 radical (unpaired) electrons. The van der Waals surface area contributed by atoms with E-state index < -0.39 is 15.8 Å². The van der Waals surface area contributed by atoms with Gasteiger partial charge in [-0.1, -0.05) is 12.1 Å². The van der Waals surface area contributed by atoms with E-state index in [1.807, 2.05) is 31.0 Å². The molecule has 1 aromatic heterocycles. The van der Waals surface area contributed by atoms with Gasteiger partial charge in [-0.3, -0.25) is 9.69 Å². The Labute approximate surface area is 164 Å². The maximum Gasteiger partial charge on any atom is 0.246 e. The smallest absolute Gasteiger partial charge is 0.246 e. The summed E-state index contributed by atoms with van der Waals surface area (Å²) in [6.45, 7) is 3.43. The normalized spacial score (nSPS) is 15.9. The number of carbonyl (C=O) groups is 1. The minimum absolute atomic E-state index is 0.0753. The molecule has 1 saturated heterocycles. The summed E-state index contributed by atoms with van der Waals surface area (Å²) < 4.78 is 45.9. The van der Waals surface area contributed by atoms with Crippen LogP contribution in [0.15, 0.2) is 45.7 Å². The zero-order valence-electron chi connectivity index (χ0n) is 16.0. The molecule has 1 amide bonds. The fourth-order valence-electron chi connectivity index (χ4n) is 3.19. The van der Waals surface area contributed by atoms with Crippen LogP contribution in [0.25, 0.3) is 0 Å². The van der Waals surface area contributed by atoms with Crippen molar-refractivity contribution in [1.29, 1.82) is 0 Å². The molecule has 0 unspecified atom stereocenters. The first-order valence-electron chi connectivity index (χ1n) is 9.03. The van der Waals surface area contributed by atoms with Gasteiger partial charge in [0.05, 0.1) is 13.1 Å². The fraction of sp³-hybridized carbons (Fsp3) is 0.421. The monoisotopic (exact) mass is 409 g/mol. The quantitative estimate of drug-likeness (QED) is 0.726. The lowest BCUT2D eigenvalue weighted by atomic mass is 10.3. The van der Waals surface area contributed by atoms with Crippen LogP contribution in [0.5, 0.6) is 0 Å². The summed E-state index contributed by atoms with van der Waals surface area (Å²) in [5.41, 5.74) is 0. The summed E-state index contributed by atoms with van der Waals surface area (Å²) in [6, 6.07) is 9.08. The number of piperazine rings is 1. The first-order valence-corrected chi connectivity index (χ1v) is 10.5. The van der Waals surface area contributed by atoms with Gasteiger partial charge in [0.25, 0.3) is 0 Å².